The lowest BCUT2D eigenvalue weighted by Crippen LogP contribution is -2.46. The van der Waals surface area contributed by atoms with E-state index in [1.165, 1.54) is 0 Å². The van der Waals surface area contributed by atoms with Crippen LogP contribution in [-0.2, 0) is 0 Å². The second kappa shape index (κ2) is 6.91. The van der Waals surface area contributed by atoms with E-state index in [0.717, 1.165) is 50.1 Å². The number of hydrogen-bond donors (Lipinski definition) is 0. The van der Waals surface area contributed by atoms with Crippen molar-refractivity contribution in [3.8, 4) is 12.3 Å². The Hall–Kier alpha value is -1.60. The molecule has 1 aromatic rings. The van der Waals surface area contributed by atoms with E-state index in [4.69, 9.17) is 16.4 Å². The van der Waals surface area contributed by atoms with Gasteiger partial charge in [0.15, 0.2) is 0 Å². The van der Waals surface area contributed by atoms with Gasteiger partial charge in [-0.2, -0.15) is 0 Å². The van der Waals surface area contributed by atoms with Gasteiger partial charge in [-0.1, -0.05) is 33.6 Å². The molecule has 0 radical (unpaired) electrons. The molecule has 1 saturated heterocycles. The van der Waals surface area contributed by atoms with Crippen LogP contribution in [0, 0.1) is 12.3 Å². The van der Waals surface area contributed by atoms with Crippen molar-refractivity contribution in [2.75, 3.05) is 37.6 Å². The molecule has 0 unspecified atom stereocenters. The molecule has 21 heavy (non-hydrogen) atoms. The summed E-state index contributed by atoms with van der Waals surface area (Å²) in [5.41, 5.74) is 1.13. The molecule has 4 nitrogen and oxygen atoms in total. The summed E-state index contributed by atoms with van der Waals surface area (Å²) in [5.74, 6) is 5.51. The number of terminal acetylenes is 1. The van der Waals surface area contributed by atoms with Gasteiger partial charge in [-0.15, -0.1) is 6.42 Å². The number of anilines is 1. The maximum Gasteiger partial charge on any atom is 0.133 e. The Bertz CT molecular complexity index is 482. The Morgan fingerprint density at radius 2 is 1.76 bits per heavy atom. The molecule has 2 rings (SSSR count). The molecule has 1 aromatic heterocycles. The van der Waals surface area contributed by atoms with Crippen LogP contribution in [0.4, 0.5) is 5.82 Å². The van der Waals surface area contributed by atoms with E-state index in [-0.39, 0.29) is 0 Å². The predicted molar refractivity (Wildman–Crippen MR) is 87.7 cm³/mol. The van der Waals surface area contributed by atoms with E-state index >= 15 is 0 Å². The predicted octanol–water partition coefficient (Wildman–Crippen LogP) is 2.48. The first kappa shape index (κ1) is 15.8. The van der Waals surface area contributed by atoms with E-state index in [2.05, 4.69) is 49.5 Å². The zero-order valence-corrected chi connectivity index (χ0v) is 13.6. The highest BCUT2D eigenvalue weighted by Gasteiger charge is 2.19. The molecule has 4 heteroatoms. The summed E-state index contributed by atoms with van der Waals surface area (Å²) in [4.78, 5) is 14.1. The van der Waals surface area contributed by atoms with Crippen molar-refractivity contribution < 1.29 is 0 Å². The SMILES string of the molecule is C#CCN1CCN(c2cc(C(C)C)nc(C(C)C)n2)CC1. The topological polar surface area (TPSA) is 32.3 Å². The van der Waals surface area contributed by atoms with Crippen LogP contribution in [0.3, 0.4) is 0 Å². The van der Waals surface area contributed by atoms with Crippen molar-refractivity contribution in [3.63, 3.8) is 0 Å². The van der Waals surface area contributed by atoms with E-state index in [9.17, 15) is 0 Å². The van der Waals surface area contributed by atoms with Gasteiger partial charge in [0.1, 0.15) is 11.6 Å². The lowest BCUT2D eigenvalue weighted by atomic mass is 10.1. The Morgan fingerprint density at radius 3 is 2.29 bits per heavy atom. The fourth-order valence-corrected chi connectivity index (χ4v) is 2.45. The summed E-state index contributed by atoms with van der Waals surface area (Å²) in [6.45, 7) is 13.4. The smallest absolute Gasteiger partial charge is 0.133 e. The number of nitrogens with zero attached hydrogens (tertiary/aromatic N) is 4. The Labute approximate surface area is 128 Å². The molecule has 1 aliphatic heterocycles. The fourth-order valence-electron chi connectivity index (χ4n) is 2.45. The highest BCUT2D eigenvalue weighted by molar-refractivity contribution is 5.41. The Balaban J connectivity index is 2.18. The lowest BCUT2D eigenvalue weighted by Gasteiger charge is -2.34. The normalized spacial score (nSPS) is 16.5. The minimum absolute atomic E-state index is 0.352. The van der Waals surface area contributed by atoms with Gasteiger partial charge >= 0.3 is 0 Å². The van der Waals surface area contributed by atoms with Gasteiger partial charge in [-0.3, -0.25) is 4.90 Å². The van der Waals surface area contributed by atoms with Crippen molar-refractivity contribution in [1.82, 2.24) is 14.9 Å². The van der Waals surface area contributed by atoms with Crippen LogP contribution in [0.2, 0.25) is 0 Å². The third-order valence-electron chi connectivity index (χ3n) is 3.87. The molecule has 0 amide bonds. The molecule has 0 aliphatic carbocycles. The largest absolute Gasteiger partial charge is 0.354 e. The van der Waals surface area contributed by atoms with E-state index in [0.29, 0.717) is 11.8 Å². The van der Waals surface area contributed by atoms with Crippen molar-refractivity contribution in [1.29, 1.82) is 0 Å². The third kappa shape index (κ3) is 3.95. The third-order valence-corrected chi connectivity index (χ3v) is 3.87. The summed E-state index contributed by atoms with van der Waals surface area (Å²) in [5, 5.41) is 0. The van der Waals surface area contributed by atoms with Crippen LogP contribution >= 0.6 is 0 Å². The molecule has 114 valence electrons. The molecule has 1 fully saturated rings. The zero-order chi connectivity index (χ0) is 15.4. The summed E-state index contributed by atoms with van der Waals surface area (Å²) in [7, 11) is 0. The monoisotopic (exact) mass is 286 g/mol. The molecule has 0 saturated carbocycles. The molecule has 2 heterocycles. The van der Waals surface area contributed by atoms with E-state index < -0.39 is 0 Å². The van der Waals surface area contributed by atoms with Crippen LogP contribution in [0.15, 0.2) is 6.07 Å². The second-order valence-corrected chi connectivity index (χ2v) is 6.29. The maximum atomic E-state index is 5.39. The number of hydrogen-bond acceptors (Lipinski definition) is 4. The lowest BCUT2D eigenvalue weighted by molar-refractivity contribution is 0.287. The first-order chi connectivity index (χ1) is 10.0. The van der Waals surface area contributed by atoms with Gasteiger partial charge in [-0.05, 0) is 5.92 Å². The Morgan fingerprint density at radius 1 is 1.10 bits per heavy atom. The first-order valence-electron chi connectivity index (χ1n) is 7.81. The summed E-state index contributed by atoms with van der Waals surface area (Å²) >= 11 is 0. The standard InChI is InChI=1S/C17H26N4/c1-6-7-20-8-10-21(11-9-20)16-12-15(13(2)3)18-17(19-16)14(4)5/h1,12-14H,7-11H2,2-5H3. The summed E-state index contributed by atoms with van der Waals surface area (Å²) in [6.07, 6.45) is 5.39. The summed E-state index contributed by atoms with van der Waals surface area (Å²) in [6, 6.07) is 2.15. The van der Waals surface area contributed by atoms with Crippen LogP contribution in [0.25, 0.3) is 0 Å². The van der Waals surface area contributed by atoms with Crippen LogP contribution < -0.4 is 4.90 Å². The maximum absolute atomic E-state index is 5.39. The molecule has 0 spiro atoms. The van der Waals surface area contributed by atoms with E-state index in [1.807, 2.05) is 0 Å². The molecular formula is C17H26N4. The first-order valence-corrected chi connectivity index (χ1v) is 7.81. The summed E-state index contributed by atoms with van der Waals surface area (Å²) < 4.78 is 0. The molecule has 0 N–H and O–H groups in total. The van der Waals surface area contributed by atoms with Crippen molar-refractivity contribution >= 4 is 5.82 Å². The second-order valence-electron chi connectivity index (χ2n) is 6.29. The van der Waals surface area contributed by atoms with Crippen molar-refractivity contribution in [2.45, 2.75) is 39.5 Å². The highest BCUT2D eigenvalue weighted by Crippen LogP contribution is 2.22. The Kier molecular flexibility index (Phi) is 5.19. The van der Waals surface area contributed by atoms with E-state index in [1.54, 1.807) is 0 Å². The zero-order valence-electron chi connectivity index (χ0n) is 13.6. The average Bonchev–Trinajstić information content (AvgIpc) is 2.47. The average molecular weight is 286 g/mol. The number of rotatable bonds is 4. The van der Waals surface area contributed by atoms with Gasteiger partial charge in [0.25, 0.3) is 0 Å². The highest BCUT2D eigenvalue weighted by atomic mass is 15.3. The van der Waals surface area contributed by atoms with Gasteiger partial charge in [0, 0.05) is 43.9 Å². The van der Waals surface area contributed by atoms with Gasteiger partial charge in [-0.25, -0.2) is 9.97 Å². The molecule has 0 bridgehead atoms. The number of aromatic nitrogens is 2. The molecule has 0 atom stereocenters. The molecule has 1 aliphatic rings. The minimum atomic E-state index is 0.352. The van der Waals surface area contributed by atoms with Gasteiger partial charge in [0.05, 0.1) is 6.54 Å². The minimum Gasteiger partial charge on any atom is -0.354 e. The van der Waals surface area contributed by atoms with Gasteiger partial charge < -0.3 is 4.90 Å². The quantitative estimate of drug-likeness (QED) is 0.796. The number of piperazine rings is 1. The molecule has 0 aromatic carbocycles. The van der Waals surface area contributed by atoms with Gasteiger partial charge in [0.2, 0.25) is 0 Å². The molecular weight excluding hydrogens is 260 g/mol. The fraction of sp³-hybridized carbons (Fsp3) is 0.647. The van der Waals surface area contributed by atoms with Crippen molar-refractivity contribution in [3.05, 3.63) is 17.6 Å². The van der Waals surface area contributed by atoms with Crippen molar-refractivity contribution in [2.24, 2.45) is 0 Å². The van der Waals surface area contributed by atoms with Crippen LogP contribution in [0.1, 0.15) is 51.0 Å². The van der Waals surface area contributed by atoms with Crippen LogP contribution in [-0.4, -0.2) is 47.6 Å². The van der Waals surface area contributed by atoms with Crippen LogP contribution in [0.5, 0.6) is 0 Å².